The summed E-state index contributed by atoms with van der Waals surface area (Å²) in [6, 6.07) is 20.1. The van der Waals surface area contributed by atoms with E-state index in [0.717, 1.165) is 6.42 Å². The molecule has 0 N–H and O–H groups in total. The molecule has 2 aromatic rings. The minimum atomic E-state index is 1.11. The first kappa shape index (κ1) is 9.97. The molecule has 0 saturated heterocycles. The molecule has 75 valence electrons. The lowest BCUT2D eigenvalue weighted by molar-refractivity contribution is 0.921. The molecule has 0 unspecified atom stereocenters. The Labute approximate surface area is 91.6 Å². The van der Waals surface area contributed by atoms with Gasteiger partial charge in [0.15, 0.2) is 0 Å². The smallest absolute Gasteiger partial charge is 0.0149 e. The van der Waals surface area contributed by atoms with Gasteiger partial charge in [0, 0.05) is 0 Å². The SMILES string of the molecule is CCCc1[c]ccc(-c2ccccc2)c1. The van der Waals surface area contributed by atoms with E-state index in [2.05, 4.69) is 49.4 Å². The fraction of sp³-hybridized carbons (Fsp3) is 0.200. The van der Waals surface area contributed by atoms with Crippen molar-refractivity contribution >= 4 is 0 Å². The molecule has 0 heteroatoms. The van der Waals surface area contributed by atoms with Crippen LogP contribution in [0.25, 0.3) is 11.1 Å². The van der Waals surface area contributed by atoms with Crippen molar-refractivity contribution in [3.05, 3.63) is 60.2 Å². The van der Waals surface area contributed by atoms with Gasteiger partial charge in [-0.15, -0.1) is 0 Å². The molecular weight excluding hydrogens is 180 g/mol. The molecule has 0 aromatic heterocycles. The third-order valence-corrected chi connectivity index (χ3v) is 2.49. The van der Waals surface area contributed by atoms with Gasteiger partial charge in [-0.1, -0.05) is 61.9 Å². The van der Waals surface area contributed by atoms with Crippen molar-refractivity contribution in [2.45, 2.75) is 19.8 Å². The van der Waals surface area contributed by atoms with Crippen LogP contribution >= 0.6 is 0 Å². The van der Waals surface area contributed by atoms with Crippen LogP contribution in [0.15, 0.2) is 48.5 Å². The molecule has 0 atom stereocenters. The van der Waals surface area contributed by atoms with E-state index >= 15 is 0 Å². The first-order valence-corrected chi connectivity index (χ1v) is 5.46. The molecule has 2 aromatic carbocycles. The molecule has 0 fully saturated rings. The largest absolute Gasteiger partial charge is 0.0651 e. The third-order valence-electron chi connectivity index (χ3n) is 2.49. The van der Waals surface area contributed by atoms with Crippen LogP contribution in [0.3, 0.4) is 0 Å². The predicted molar refractivity (Wildman–Crippen MR) is 64.7 cm³/mol. The van der Waals surface area contributed by atoms with Crippen molar-refractivity contribution < 1.29 is 0 Å². The molecule has 0 nitrogen and oxygen atoms in total. The number of rotatable bonds is 3. The summed E-state index contributed by atoms with van der Waals surface area (Å²) in [7, 11) is 0. The van der Waals surface area contributed by atoms with Crippen molar-refractivity contribution in [2.75, 3.05) is 0 Å². The fourth-order valence-corrected chi connectivity index (χ4v) is 1.74. The number of aryl methyl sites for hydroxylation is 1. The standard InChI is InChI=1S/C15H15/c1-2-7-13-8-6-11-15(12-13)14-9-4-3-5-10-14/h3-6,9-12H,2,7H2,1H3. The Balaban J connectivity index is 2.33. The third kappa shape index (κ3) is 2.47. The van der Waals surface area contributed by atoms with E-state index in [4.69, 9.17) is 0 Å². The van der Waals surface area contributed by atoms with Crippen LogP contribution in [-0.2, 0) is 6.42 Å². The van der Waals surface area contributed by atoms with Crippen LogP contribution in [0, 0.1) is 6.07 Å². The van der Waals surface area contributed by atoms with Gasteiger partial charge in [0.2, 0.25) is 0 Å². The number of hydrogen-bond acceptors (Lipinski definition) is 0. The first-order chi connectivity index (χ1) is 7.40. The van der Waals surface area contributed by atoms with Crippen LogP contribution in [0.5, 0.6) is 0 Å². The Kier molecular flexibility index (Phi) is 3.18. The zero-order valence-electron chi connectivity index (χ0n) is 9.03. The first-order valence-electron chi connectivity index (χ1n) is 5.46. The maximum atomic E-state index is 3.28. The zero-order valence-corrected chi connectivity index (χ0v) is 9.03. The fourth-order valence-electron chi connectivity index (χ4n) is 1.74. The molecule has 0 aliphatic heterocycles. The van der Waals surface area contributed by atoms with Crippen LogP contribution in [0.1, 0.15) is 18.9 Å². The Morgan fingerprint density at radius 1 is 1.00 bits per heavy atom. The van der Waals surface area contributed by atoms with E-state index in [-0.39, 0.29) is 0 Å². The van der Waals surface area contributed by atoms with Crippen molar-refractivity contribution in [1.29, 1.82) is 0 Å². The lowest BCUT2D eigenvalue weighted by Crippen LogP contribution is -1.84. The van der Waals surface area contributed by atoms with Crippen molar-refractivity contribution in [2.24, 2.45) is 0 Å². The average molecular weight is 195 g/mol. The van der Waals surface area contributed by atoms with Crippen molar-refractivity contribution in [1.82, 2.24) is 0 Å². The lowest BCUT2D eigenvalue weighted by atomic mass is 10.0. The van der Waals surface area contributed by atoms with Crippen LogP contribution in [0.2, 0.25) is 0 Å². The quantitative estimate of drug-likeness (QED) is 0.691. The second-order valence-electron chi connectivity index (χ2n) is 3.72. The maximum absolute atomic E-state index is 3.28. The van der Waals surface area contributed by atoms with Crippen LogP contribution < -0.4 is 0 Å². The van der Waals surface area contributed by atoms with Crippen LogP contribution in [-0.4, -0.2) is 0 Å². The summed E-state index contributed by atoms with van der Waals surface area (Å²) in [6.07, 6.45) is 2.29. The van der Waals surface area contributed by atoms with Gasteiger partial charge in [-0.2, -0.15) is 0 Å². The topological polar surface area (TPSA) is 0 Å². The van der Waals surface area contributed by atoms with E-state index in [1.54, 1.807) is 0 Å². The summed E-state index contributed by atoms with van der Waals surface area (Å²) in [4.78, 5) is 0. The summed E-state index contributed by atoms with van der Waals surface area (Å²) in [5.74, 6) is 0. The zero-order chi connectivity index (χ0) is 10.5. The van der Waals surface area contributed by atoms with Gasteiger partial charge in [-0.05, 0) is 29.2 Å². The molecule has 0 aliphatic rings. The van der Waals surface area contributed by atoms with Crippen molar-refractivity contribution in [3.8, 4) is 11.1 Å². The normalized spacial score (nSPS) is 10.2. The lowest BCUT2D eigenvalue weighted by Gasteiger charge is -2.03. The summed E-state index contributed by atoms with van der Waals surface area (Å²) in [5.41, 5.74) is 3.88. The van der Waals surface area contributed by atoms with E-state index in [1.165, 1.54) is 23.1 Å². The molecular formula is C15H15. The van der Waals surface area contributed by atoms with Gasteiger partial charge >= 0.3 is 0 Å². The summed E-state index contributed by atoms with van der Waals surface area (Å²) in [6.45, 7) is 2.20. The highest BCUT2D eigenvalue weighted by Crippen LogP contribution is 2.20. The van der Waals surface area contributed by atoms with Gasteiger partial charge in [0.25, 0.3) is 0 Å². The average Bonchev–Trinajstić information content (AvgIpc) is 2.31. The number of benzene rings is 2. The minimum Gasteiger partial charge on any atom is -0.0651 e. The van der Waals surface area contributed by atoms with E-state index in [9.17, 15) is 0 Å². The molecule has 2 rings (SSSR count). The molecule has 0 amide bonds. The summed E-state index contributed by atoms with van der Waals surface area (Å²) < 4.78 is 0. The highest BCUT2D eigenvalue weighted by atomic mass is 14.0. The van der Waals surface area contributed by atoms with Crippen molar-refractivity contribution in [3.63, 3.8) is 0 Å². The van der Waals surface area contributed by atoms with Gasteiger partial charge in [0.05, 0.1) is 0 Å². The molecule has 1 radical (unpaired) electrons. The Morgan fingerprint density at radius 2 is 1.80 bits per heavy atom. The molecule has 0 heterocycles. The van der Waals surface area contributed by atoms with E-state index in [1.807, 2.05) is 12.1 Å². The molecule has 0 bridgehead atoms. The Bertz CT molecular complexity index is 415. The molecule has 0 aliphatic carbocycles. The van der Waals surface area contributed by atoms with Gasteiger partial charge in [-0.25, -0.2) is 0 Å². The molecule has 0 saturated carbocycles. The number of hydrogen-bond donors (Lipinski definition) is 0. The van der Waals surface area contributed by atoms with Gasteiger partial charge in [0.1, 0.15) is 0 Å². The predicted octanol–water partition coefficient (Wildman–Crippen LogP) is 4.11. The monoisotopic (exact) mass is 195 g/mol. The maximum Gasteiger partial charge on any atom is -0.0149 e. The molecule has 0 spiro atoms. The Morgan fingerprint density at radius 3 is 2.53 bits per heavy atom. The Hall–Kier alpha value is -1.56. The molecule has 15 heavy (non-hydrogen) atoms. The van der Waals surface area contributed by atoms with Gasteiger partial charge < -0.3 is 0 Å². The summed E-state index contributed by atoms with van der Waals surface area (Å²) in [5, 5.41) is 0. The summed E-state index contributed by atoms with van der Waals surface area (Å²) >= 11 is 0. The second-order valence-corrected chi connectivity index (χ2v) is 3.72. The van der Waals surface area contributed by atoms with E-state index in [0.29, 0.717) is 0 Å². The minimum absolute atomic E-state index is 1.11. The highest BCUT2D eigenvalue weighted by molar-refractivity contribution is 5.63. The second kappa shape index (κ2) is 4.79. The highest BCUT2D eigenvalue weighted by Gasteiger charge is 1.97. The van der Waals surface area contributed by atoms with Gasteiger partial charge in [-0.3, -0.25) is 0 Å². The van der Waals surface area contributed by atoms with E-state index < -0.39 is 0 Å². The van der Waals surface area contributed by atoms with Crippen LogP contribution in [0.4, 0.5) is 0 Å².